The lowest BCUT2D eigenvalue weighted by Gasteiger charge is -2.29. The van der Waals surface area contributed by atoms with Crippen molar-refractivity contribution in [1.82, 2.24) is 9.99 Å². The Kier molecular flexibility index (Phi) is 4.86. The van der Waals surface area contributed by atoms with Crippen LogP contribution >= 0.6 is 11.6 Å². The molecule has 2 bridgehead atoms. The van der Waals surface area contributed by atoms with E-state index in [2.05, 4.69) is 10.1 Å². The molecule has 2 saturated carbocycles. The lowest BCUT2D eigenvalue weighted by Crippen LogP contribution is -2.46. The first-order chi connectivity index (χ1) is 15.6. The number of hydrogen-bond acceptors (Lipinski definition) is 8. The number of hydrazine groups is 1. The van der Waals surface area contributed by atoms with E-state index in [1.165, 1.54) is 7.05 Å². The molecule has 1 saturated heterocycles. The van der Waals surface area contributed by atoms with Crippen LogP contribution in [0.3, 0.4) is 0 Å². The molecule has 0 N–H and O–H groups in total. The highest BCUT2D eigenvalue weighted by Gasteiger charge is 2.71. The molecular formula is C20H18ClF3N4O5. The summed E-state index contributed by atoms with van der Waals surface area (Å²) in [4.78, 5) is 48.1. The van der Waals surface area contributed by atoms with Gasteiger partial charge in [0.25, 0.3) is 11.8 Å². The second kappa shape index (κ2) is 7.31. The minimum absolute atomic E-state index is 0.118. The molecule has 6 atom stereocenters. The smallest absolute Gasteiger partial charge is 0.417 e. The number of pyridine rings is 1. The Morgan fingerprint density at radius 2 is 1.94 bits per heavy atom. The van der Waals surface area contributed by atoms with Crippen LogP contribution in [0.2, 0.25) is 5.02 Å². The van der Waals surface area contributed by atoms with Crippen molar-refractivity contribution in [2.24, 2.45) is 34.7 Å². The first-order valence-corrected chi connectivity index (χ1v) is 10.7. The van der Waals surface area contributed by atoms with Gasteiger partial charge in [-0.15, -0.1) is 0 Å². The SMILES string of the molecule is CCOC(=O)C1=NO[C@@H]2[C@H]3C[C@@H]([C@H]12)[C@@H]1C(=O)N(N(C)c2ncc(C(F)(F)F)cc2Cl)C(=O)[C@@H]31. The molecule has 1 aromatic rings. The zero-order valence-electron chi connectivity index (χ0n) is 17.4. The van der Waals surface area contributed by atoms with Crippen LogP contribution in [-0.2, 0) is 30.1 Å². The molecule has 4 aliphatic rings. The van der Waals surface area contributed by atoms with Crippen molar-refractivity contribution in [2.75, 3.05) is 18.7 Å². The standard InChI is InChI=1S/C20H18ClF3N4O5/c1-3-32-19(31)14-13-8-5-9(15(13)33-26-14)12-11(8)17(29)28(18(12)30)27(2)16-10(21)4-7(6-25-16)20(22,23)24/h4,6,8-9,11-13,15H,3,5H2,1-2H3/t8-,9+,11+,12+,13-,15-/m1/s1. The summed E-state index contributed by atoms with van der Waals surface area (Å²) >= 11 is 6.02. The number of fused-ring (bicyclic) bond motifs is 8. The van der Waals surface area contributed by atoms with E-state index in [0.29, 0.717) is 18.7 Å². The van der Waals surface area contributed by atoms with Crippen LogP contribution in [0.5, 0.6) is 0 Å². The molecule has 5 rings (SSSR count). The number of anilines is 1. The Hall–Kier alpha value is -2.89. The van der Waals surface area contributed by atoms with Gasteiger partial charge in [0.05, 0.1) is 34.9 Å². The number of amides is 2. The highest BCUT2D eigenvalue weighted by atomic mass is 35.5. The molecule has 0 aromatic carbocycles. The molecule has 9 nitrogen and oxygen atoms in total. The minimum Gasteiger partial charge on any atom is -0.461 e. The van der Waals surface area contributed by atoms with Crippen molar-refractivity contribution >= 4 is 40.9 Å². The van der Waals surface area contributed by atoms with Gasteiger partial charge in [0.1, 0.15) is 6.10 Å². The third-order valence-electron chi connectivity index (χ3n) is 6.91. The van der Waals surface area contributed by atoms with E-state index in [0.717, 1.165) is 10.0 Å². The molecule has 2 amide bonds. The van der Waals surface area contributed by atoms with Crippen LogP contribution in [0.1, 0.15) is 18.9 Å². The van der Waals surface area contributed by atoms with E-state index < -0.39 is 53.4 Å². The number of carbonyl (C=O) groups is 3. The Bertz CT molecular complexity index is 1100. The fourth-order valence-corrected chi connectivity index (χ4v) is 5.98. The fourth-order valence-electron chi connectivity index (χ4n) is 5.70. The monoisotopic (exact) mass is 486 g/mol. The van der Waals surface area contributed by atoms with E-state index in [4.69, 9.17) is 21.2 Å². The van der Waals surface area contributed by atoms with Crippen molar-refractivity contribution in [2.45, 2.75) is 25.6 Å². The first kappa shape index (κ1) is 21.9. The van der Waals surface area contributed by atoms with Gasteiger partial charge in [0, 0.05) is 19.2 Å². The Balaban J connectivity index is 1.42. The van der Waals surface area contributed by atoms with E-state index in [1.807, 2.05) is 0 Å². The van der Waals surface area contributed by atoms with Gasteiger partial charge in [-0.05, 0) is 25.3 Å². The van der Waals surface area contributed by atoms with Crippen molar-refractivity contribution in [3.8, 4) is 0 Å². The van der Waals surface area contributed by atoms with Crippen molar-refractivity contribution in [3.05, 3.63) is 22.8 Å². The number of aromatic nitrogens is 1. The predicted octanol–water partition coefficient (Wildman–Crippen LogP) is 2.29. The highest BCUT2D eigenvalue weighted by molar-refractivity contribution is 6.38. The van der Waals surface area contributed by atoms with E-state index in [1.54, 1.807) is 6.92 Å². The number of halogens is 4. The van der Waals surface area contributed by atoms with Crippen LogP contribution in [0.25, 0.3) is 0 Å². The molecular weight excluding hydrogens is 469 g/mol. The Morgan fingerprint density at radius 3 is 2.55 bits per heavy atom. The highest BCUT2D eigenvalue weighted by Crippen LogP contribution is 2.61. The molecule has 2 aliphatic heterocycles. The maximum absolute atomic E-state index is 13.3. The van der Waals surface area contributed by atoms with Gasteiger partial charge in [-0.25, -0.2) is 9.78 Å². The van der Waals surface area contributed by atoms with Gasteiger partial charge in [0.15, 0.2) is 11.5 Å². The lowest BCUT2D eigenvalue weighted by atomic mass is 9.72. The number of rotatable bonds is 4. The molecule has 3 heterocycles. The summed E-state index contributed by atoms with van der Waals surface area (Å²) in [5, 5.41) is 5.46. The molecule has 0 unspecified atom stereocenters. The van der Waals surface area contributed by atoms with Gasteiger partial charge >= 0.3 is 12.1 Å². The van der Waals surface area contributed by atoms with Gasteiger partial charge < -0.3 is 9.57 Å². The number of carbonyl (C=O) groups excluding carboxylic acids is 3. The zero-order valence-corrected chi connectivity index (χ0v) is 18.1. The molecule has 2 aliphatic carbocycles. The summed E-state index contributed by atoms with van der Waals surface area (Å²) < 4.78 is 43.9. The van der Waals surface area contributed by atoms with E-state index >= 15 is 0 Å². The normalized spacial score (nSPS) is 31.9. The molecule has 176 valence electrons. The Labute approximate surface area is 190 Å². The average molecular weight is 487 g/mol. The van der Waals surface area contributed by atoms with Crippen molar-refractivity contribution < 1.29 is 37.1 Å². The van der Waals surface area contributed by atoms with Gasteiger partial charge in [-0.2, -0.15) is 18.2 Å². The molecule has 3 fully saturated rings. The Morgan fingerprint density at radius 1 is 1.27 bits per heavy atom. The maximum atomic E-state index is 13.3. The number of hydrogen-bond donors (Lipinski definition) is 0. The van der Waals surface area contributed by atoms with E-state index in [9.17, 15) is 27.6 Å². The van der Waals surface area contributed by atoms with Crippen LogP contribution in [0, 0.1) is 29.6 Å². The summed E-state index contributed by atoms with van der Waals surface area (Å²) in [6.07, 6.45) is -4.03. The fraction of sp³-hybridized carbons (Fsp3) is 0.550. The van der Waals surface area contributed by atoms with Crippen LogP contribution < -0.4 is 5.01 Å². The summed E-state index contributed by atoms with van der Waals surface area (Å²) in [5.41, 5.74) is -0.929. The number of ether oxygens (including phenoxy) is 1. The molecule has 13 heteroatoms. The largest absolute Gasteiger partial charge is 0.461 e. The van der Waals surface area contributed by atoms with Crippen molar-refractivity contribution in [1.29, 1.82) is 0 Å². The van der Waals surface area contributed by atoms with E-state index in [-0.39, 0.29) is 35.0 Å². The quantitative estimate of drug-likeness (QED) is 0.475. The maximum Gasteiger partial charge on any atom is 0.417 e. The van der Waals surface area contributed by atoms with Crippen LogP contribution in [0.4, 0.5) is 19.0 Å². The number of alkyl halides is 3. The van der Waals surface area contributed by atoms with Gasteiger partial charge in [-0.1, -0.05) is 16.8 Å². The molecule has 1 aromatic heterocycles. The number of nitrogens with zero attached hydrogens (tertiary/aromatic N) is 4. The number of oxime groups is 1. The first-order valence-electron chi connectivity index (χ1n) is 10.3. The zero-order chi connectivity index (χ0) is 23.8. The van der Waals surface area contributed by atoms with Gasteiger partial charge in [0.2, 0.25) is 0 Å². The predicted molar refractivity (Wildman–Crippen MR) is 106 cm³/mol. The van der Waals surface area contributed by atoms with Crippen LogP contribution in [-0.4, -0.2) is 53.2 Å². The molecule has 33 heavy (non-hydrogen) atoms. The van der Waals surface area contributed by atoms with Crippen LogP contribution in [0.15, 0.2) is 17.4 Å². The topological polar surface area (TPSA) is 101 Å². The summed E-state index contributed by atoms with van der Waals surface area (Å²) in [6.45, 7) is 1.82. The van der Waals surface area contributed by atoms with Gasteiger partial charge in [-0.3, -0.25) is 14.6 Å². The number of esters is 1. The third-order valence-corrected chi connectivity index (χ3v) is 7.19. The lowest BCUT2D eigenvalue weighted by molar-refractivity contribution is -0.142. The second-order valence-electron chi connectivity index (χ2n) is 8.45. The summed E-state index contributed by atoms with van der Waals surface area (Å²) in [6, 6.07) is 0.691. The molecule has 0 spiro atoms. The minimum atomic E-state index is -4.64. The molecule has 0 radical (unpaired) electrons. The third kappa shape index (κ3) is 3.02. The van der Waals surface area contributed by atoms with Crippen molar-refractivity contribution in [3.63, 3.8) is 0 Å². The second-order valence-corrected chi connectivity index (χ2v) is 8.85. The summed E-state index contributed by atoms with van der Waals surface area (Å²) in [7, 11) is 1.34. The average Bonchev–Trinajstić information content (AvgIpc) is 3.47. The number of imide groups is 1. The summed E-state index contributed by atoms with van der Waals surface area (Å²) in [5.74, 6) is -4.32.